The summed E-state index contributed by atoms with van der Waals surface area (Å²) in [5.41, 5.74) is 0.477. The van der Waals surface area contributed by atoms with Crippen molar-refractivity contribution in [3.8, 4) is 5.75 Å². The van der Waals surface area contributed by atoms with E-state index in [-0.39, 0.29) is 17.3 Å². The second kappa shape index (κ2) is 5.71. The summed E-state index contributed by atoms with van der Waals surface area (Å²) >= 11 is 5.78. The third-order valence-corrected chi connectivity index (χ3v) is 2.97. The summed E-state index contributed by atoms with van der Waals surface area (Å²) in [6, 6.07) is 8.14. The molecule has 0 saturated heterocycles. The first-order valence-electron chi connectivity index (χ1n) is 5.77. The van der Waals surface area contributed by atoms with Gasteiger partial charge in [0.15, 0.2) is 0 Å². The van der Waals surface area contributed by atoms with Crippen LogP contribution in [0.5, 0.6) is 5.75 Å². The van der Waals surface area contributed by atoms with E-state index >= 15 is 0 Å². The Hall–Kier alpha value is -1.75. The molecular weight excluding hydrogens is 291 g/mol. The number of hydrogen-bond acceptors (Lipinski definition) is 2. The highest BCUT2D eigenvalue weighted by Crippen LogP contribution is 2.31. The molecular formula is C14H11ClF3NO. The van der Waals surface area contributed by atoms with Crippen LogP contribution in [0.3, 0.4) is 0 Å². The lowest BCUT2D eigenvalue weighted by Crippen LogP contribution is -2.07. The normalized spacial score (nSPS) is 11.4. The van der Waals surface area contributed by atoms with E-state index < -0.39 is 11.7 Å². The molecule has 0 aliphatic heterocycles. The van der Waals surface area contributed by atoms with E-state index in [1.165, 1.54) is 0 Å². The van der Waals surface area contributed by atoms with Crippen LogP contribution in [0.1, 0.15) is 16.8 Å². The smallest absolute Gasteiger partial charge is 0.417 e. The van der Waals surface area contributed by atoms with E-state index in [0.717, 1.165) is 17.8 Å². The van der Waals surface area contributed by atoms with Gasteiger partial charge in [-0.3, -0.25) is 4.98 Å². The Labute approximate surface area is 119 Å². The van der Waals surface area contributed by atoms with E-state index in [9.17, 15) is 13.2 Å². The van der Waals surface area contributed by atoms with Gasteiger partial charge in [-0.25, -0.2) is 0 Å². The number of nitrogens with zero attached hydrogens (tertiary/aromatic N) is 1. The molecule has 0 saturated carbocycles. The van der Waals surface area contributed by atoms with Gasteiger partial charge in [-0.15, -0.1) is 0 Å². The van der Waals surface area contributed by atoms with Gasteiger partial charge in [0.05, 0.1) is 16.3 Å². The number of halogens is 4. The Kier molecular flexibility index (Phi) is 4.18. The number of aryl methyl sites for hydroxylation is 1. The largest absolute Gasteiger partial charge is 0.487 e. The van der Waals surface area contributed by atoms with E-state index in [2.05, 4.69) is 4.98 Å². The predicted molar refractivity (Wildman–Crippen MR) is 69.8 cm³/mol. The molecule has 0 amide bonds. The van der Waals surface area contributed by atoms with Crippen LogP contribution in [-0.2, 0) is 12.8 Å². The zero-order valence-electron chi connectivity index (χ0n) is 10.5. The zero-order chi connectivity index (χ0) is 14.8. The summed E-state index contributed by atoms with van der Waals surface area (Å²) in [6.07, 6.45) is -3.70. The molecule has 0 bridgehead atoms. The molecule has 0 radical (unpaired) electrons. The Bertz CT molecular complexity index is 596. The minimum atomic E-state index is -4.45. The molecule has 0 atom stereocenters. The third-order valence-electron chi connectivity index (χ3n) is 2.64. The van der Waals surface area contributed by atoms with Crippen molar-refractivity contribution in [2.75, 3.05) is 0 Å². The molecule has 0 aliphatic rings. The summed E-state index contributed by atoms with van der Waals surface area (Å²) in [5, 5.41) is -0.0630. The van der Waals surface area contributed by atoms with Gasteiger partial charge in [-0.05, 0) is 25.1 Å². The lowest BCUT2D eigenvalue weighted by Gasteiger charge is -2.10. The van der Waals surface area contributed by atoms with Crippen LogP contribution in [0.25, 0.3) is 0 Å². The van der Waals surface area contributed by atoms with Gasteiger partial charge in [0.25, 0.3) is 0 Å². The maximum absolute atomic E-state index is 12.5. The molecule has 6 heteroatoms. The van der Waals surface area contributed by atoms with E-state index in [0.29, 0.717) is 5.75 Å². The molecule has 2 nitrogen and oxygen atoms in total. The monoisotopic (exact) mass is 301 g/mol. The summed E-state index contributed by atoms with van der Waals surface area (Å²) in [5.74, 6) is 0.605. The number of benzene rings is 1. The quantitative estimate of drug-likeness (QED) is 0.824. The predicted octanol–water partition coefficient (Wildman–Crippen LogP) is 4.64. The zero-order valence-corrected chi connectivity index (χ0v) is 11.3. The lowest BCUT2D eigenvalue weighted by atomic mass is 10.2. The fourth-order valence-electron chi connectivity index (χ4n) is 1.51. The van der Waals surface area contributed by atoms with Crippen LogP contribution >= 0.6 is 11.6 Å². The van der Waals surface area contributed by atoms with Crippen molar-refractivity contribution in [3.63, 3.8) is 0 Å². The van der Waals surface area contributed by atoms with Crippen LogP contribution < -0.4 is 4.74 Å². The van der Waals surface area contributed by atoms with Gasteiger partial charge in [-0.2, -0.15) is 13.2 Å². The van der Waals surface area contributed by atoms with Gasteiger partial charge in [0.2, 0.25) is 0 Å². The van der Waals surface area contributed by atoms with Crippen LogP contribution in [0, 0.1) is 6.92 Å². The van der Waals surface area contributed by atoms with Crippen LogP contribution in [0.4, 0.5) is 13.2 Å². The van der Waals surface area contributed by atoms with Crippen LogP contribution in [0.2, 0.25) is 5.02 Å². The first-order valence-corrected chi connectivity index (χ1v) is 6.15. The molecule has 1 heterocycles. The first-order chi connectivity index (χ1) is 9.36. The van der Waals surface area contributed by atoms with E-state index in [1.807, 2.05) is 19.1 Å². The maximum atomic E-state index is 12.5. The number of hydrogen-bond donors (Lipinski definition) is 0. The minimum absolute atomic E-state index is 0.0139. The van der Waals surface area contributed by atoms with Crippen molar-refractivity contribution in [2.24, 2.45) is 0 Å². The van der Waals surface area contributed by atoms with Crippen molar-refractivity contribution in [1.82, 2.24) is 4.98 Å². The second-order valence-corrected chi connectivity index (χ2v) is 4.66. The third kappa shape index (κ3) is 3.63. The molecule has 0 aliphatic carbocycles. The number of pyridine rings is 1. The highest BCUT2D eigenvalue weighted by molar-refractivity contribution is 6.31. The number of ether oxygens (including phenoxy) is 1. The lowest BCUT2D eigenvalue weighted by molar-refractivity contribution is -0.137. The van der Waals surface area contributed by atoms with Crippen molar-refractivity contribution >= 4 is 11.6 Å². The molecule has 0 N–H and O–H groups in total. The first kappa shape index (κ1) is 14.7. The minimum Gasteiger partial charge on any atom is -0.487 e. The standard InChI is InChI=1S/C14H11ClF3NO/c1-9-2-4-11(5-3-9)20-8-13-12(15)6-10(7-19-13)14(16,17)18/h2-7H,8H2,1H3. The topological polar surface area (TPSA) is 22.1 Å². The van der Waals surface area contributed by atoms with Crippen molar-refractivity contribution in [3.05, 3.63) is 58.4 Å². The van der Waals surface area contributed by atoms with Crippen molar-refractivity contribution in [2.45, 2.75) is 19.7 Å². The molecule has 0 fully saturated rings. The summed E-state index contributed by atoms with van der Waals surface area (Å²) < 4.78 is 42.8. The Morgan fingerprint density at radius 3 is 2.40 bits per heavy atom. The summed E-state index contributed by atoms with van der Waals surface area (Å²) in [4.78, 5) is 3.70. The molecule has 1 aromatic carbocycles. The van der Waals surface area contributed by atoms with Crippen LogP contribution in [0.15, 0.2) is 36.5 Å². The number of rotatable bonds is 3. The molecule has 0 unspecified atom stereocenters. The SMILES string of the molecule is Cc1ccc(OCc2ncc(C(F)(F)F)cc2Cl)cc1. The van der Waals surface area contributed by atoms with Crippen LogP contribution in [-0.4, -0.2) is 4.98 Å². The Balaban J connectivity index is 2.08. The Morgan fingerprint density at radius 2 is 1.85 bits per heavy atom. The Morgan fingerprint density at radius 1 is 1.20 bits per heavy atom. The van der Waals surface area contributed by atoms with Crippen molar-refractivity contribution < 1.29 is 17.9 Å². The number of alkyl halides is 3. The average molecular weight is 302 g/mol. The summed E-state index contributed by atoms with van der Waals surface area (Å²) in [6.45, 7) is 1.96. The van der Waals surface area contributed by atoms with Gasteiger partial charge >= 0.3 is 6.18 Å². The molecule has 1 aromatic heterocycles. The molecule has 2 aromatic rings. The highest BCUT2D eigenvalue weighted by atomic mass is 35.5. The maximum Gasteiger partial charge on any atom is 0.417 e. The average Bonchev–Trinajstić information content (AvgIpc) is 2.38. The van der Waals surface area contributed by atoms with Gasteiger partial charge in [-0.1, -0.05) is 29.3 Å². The second-order valence-electron chi connectivity index (χ2n) is 4.25. The number of aromatic nitrogens is 1. The molecule has 0 spiro atoms. The summed E-state index contributed by atoms with van der Waals surface area (Å²) in [7, 11) is 0. The van der Waals surface area contributed by atoms with Gasteiger partial charge < -0.3 is 4.74 Å². The van der Waals surface area contributed by atoms with Gasteiger partial charge in [0.1, 0.15) is 12.4 Å². The molecule has 20 heavy (non-hydrogen) atoms. The fourth-order valence-corrected chi connectivity index (χ4v) is 1.73. The van der Waals surface area contributed by atoms with E-state index in [1.54, 1.807) is 12.1 Å². The molecule has 2 rings (SSSR count). The van der Waals surface area contributed by atoms with Gasteiger partial charge in [0, 0.05) is 6.20 Å². The van der Waals surface area contributed by atoms with E-state index in [4.69, 9.17) is 16.3 Å². The highest BCUT2D eigenvalue weighted by Gasteiger charge is 2.31. The fraction of sp³-hybridized carbons (Fsp3) is 0.214. The molecule has 106 valence electrons. The van der Waals surface area contributed by atoms with Crippen molar-refractivity contribution in [1.29, 1.82) is 0 Å².